The van der Waals surface area contributed by atoms with Gasteiger partial charge in [-0.2, -0.15) is 0 Å². The lowest BCUT2D eigenvalue weighted by atomic mass is 9.69. The van der Waals surface area contributed by atoms with Gasteiger partial charge >= 0.3 is 5.97 Å². The van der Waals surface area contributed by atoms with E-state index in [1.165, 1.54) is 0 Å². The number of nitrogens with two attached hydrogens (primary N) is 2. The van der Waals surface area contributed by atoms with Crippen LogP contribution in [0.2, 0.25) is 0 Å². The number of aromatic nitrogens is 1. The second-order valence-corrected chi connectivity index (χ2v) is 14.4. The van der Waals surface area contributed by atoms with Crippen molar-refractivity contribution in [2.45, 2.75) is 77.3 Å². The van der Waals surface area contributed by atoms with Gasteiger partial charge in [0.25, 0.3) is 0 Å². The summed E-state index contributed by atoms with van der Waals surface area (Å²) in [5, 5.41) is 12.0. The van der Waals surface area contributed by atoms with Gasteiger partial charge in [-0.3, -0.25) is 4.79 Å². The van der Waals surface area contributed by atoms with E-state index in [0.717, 1.165) is 33.4 Å². The number of rotatable bonds is 8. The zero-order valence-electron chi connectivity index (χ0n) is 27.1. The molecule has 2 unspecified atom stereocenters. The molecule has 3 heterocycles. The van der Waals surface area contributed by atoms with Gasteiger partial charge in [-0.15, -0.1) is 0 Å². The number of anilines is 2. The third-order valence-corrected chi connectivity index (χ3v) is 10.8. The second kappa shape index (κ2) is 12.7. The summed E-state index contributed by atoms with van der Waals surface area (Å²) in [6.07, 6.45) is 3.07. The summed E-state index contributed by atoms with van der Waals surface area (Å²) in [4.78, 5) is 17.8. The molecule has 1 saturated heterocycles. The van der Waals surface area contributed by atoms with E-state index in [2.05, 4.69) is 11.1 Å². The minimum absolute atomic E-state index is 0.380. The van der Waals surface area contributed by atoms with Crippen LogP contribution in [0.4, 0.5) is 11.4 Å². The highest BCUT2D eigenvalue weighted by Gasteiger charge is 2.43. The Labute approximate surface area is 268 Å². The number of hydrogen-bond donors (Lipinski definition) is 3. The van der Waals surface area contributed by atoms with E-state index >= 15 is 0 Å². The molecule has 2 aliphatic heterocycles. The van der Waals surface area contributed by atoms with Crippen molar-refractivity contribution in [1.82, 2.24) is 9.29 Å². The first-order valence-electron chi connectivity index (χ1n) is 15.4. The van der Waals surface area contributed by atoms with Crippen molar-refractivity contribution >= 4 is 28.3 Å². The fraction of sp³-hybridized carbons (Fsp3) is 0.471. The lowest BCUT2D eigenvalue weighted by molar-refractivity contribution is -0.147. The average Bonchev–Trinajstić information content (AvgIpc) is 3.10. The number of carbonyl (C=O) groups is 1. The molecule has 0 aliphatic carbocycles. The first kappa shape index (κ1) is 32.9. The van der Waals surface area contributed by atoms with E-state index in [9.17, 15) is 14.1 Å². The summed E-state index contributed by atoms with van der Waals surface area (Å²) in [5.41, 5.74) is 11.4. The molecule has 10 nitrogen and oxygen atoms in total. The molecule has 5 rings (SSSR count). The zero-order valence-corrected chi connectivity index (χ0v) is 27.9. The summed E-state index contributed by atoms with van der Waals surface area (Å²) in [7, 11) is -1.53. The summed E-state index contributed by atoms with van der Waals surface area (Å²) < 4.78 is 28.4. The van der Waals surface area contributed by atoms with Gasteiger partial charge in [0.05, 0.1) is 36.5 Å². The van der Waals surface area contributed by atoms with Gasteiger partial charge in [0.15, 0.2) is 0 Å². The van der Waals surface area contributed by atoms with E-state index in [-0.39, 0.29) is 0 Å². The number of ether oxygens (including phenoxy) is 2. The van der Waals surface area contributed by atoms with E-state index in [1.54, 1.807) is 25.1 Å². The van der Waals surface area contributed by atoms with Crippen molar-refractivity contribution in [3.05, 3.63) is 76.0 Å². The molecule has 242 valence electrons. The summed E-state index contributed by atoms with van der Waals surface area (Å²) >= 11 is 0. The molecule has 2 atom stereocenters. The van der Waals surface area contributed by atoms with E-state index in [0.29, 0.717) is 67.8 Å². The van der Waals surface area contributed by atoms with Gasteiger partial charge in [0.1, 0.15) is 21.5 Å². The number of carboxylic acid groups (broad SMARTS) is 1. The molecule has 0 radical (unpaired) electrons. The van der Waals surface area contributed by atoms with Crippen molar-refractivity contribution in [2.75, 3.05) is 37.0 Å². The average molecular weight is 636 g/mol. The highest BCUT2D eigenvalue weighted by atomic mass is 32.2. The Bertz CT molecular complexity index is 1620. The molecule has 2 aromatic carbocycles. The van der Waals surface area contributed by atoms with Gasteiger partial charge in [-0.25, -0.2) is 19.3 Å². The van der Waals surface area contributed by atoms with Crippen LogP contribution in [0.15, 0.2) is 47.5 Å². The predicted molar refractivity (Wildman–Crippen MR) is 176 cm³/mol. The topological polar surface area (TPSA) is 144 Å². The molecule has 3 aromatic rings. The normalized spacial score (nSPS) is 19.0. The van der Waals surface area contributed by atoms with E-state index < -0.39 is 33.9 Å². The number of nitrogen functional groups attached to an aromatic ring is 1. The molecular weight excluding hydrogens is 590 g/mol. The number of hydrazine groups is 1. The van der Waals surface area contributed by atoms with Crippen molar-refractivity contribution in [3.63, 3.8) is 0 Å². The molecule has 0 saturated carbocycles. The van der Waals surface area contributed by atoms with Gasteiger partial charge in [0.2, 0.25) is 5.88 Å². The first-order valence-corrected chi connectivity index (χ1v) is 16.5. The smallest absolute Gasteiger partial charge is 0.310 e. The van der Waals surface area contributed by atoms with Crippen molar-refractivity contribution in [3.8, 4) is 5.88 Å². The number of hydrogen-bond acceptors (Lipinski definition) is 8. The highest BCUT2D eigenvalue weighted by Crippen LogP contribution is 2.45. The number of pyridine rings is 1. The van der Waals surface area contributed by atoms with Gasteiger partial charge < -0.3 is 25.3 Å². The molecule has 5 N–H and O–H groups in total. The van der Waals surface area contributed by atoms with Crippen LogP contribution in [0.1, 0.15) is 72.9 Å². The Kier molecular flexibility index (Phi) is 9.28. The maximum Gasteiger partial charge on any atom is 0.310 e. The molecule has 1 spiro atoms. The van der Waals surface area contributed by atoms with Crippen LogP contribution in [0.25, 0.3) is 0 Å². The maximum absolute atomic E-state index is 14.2. The van der Waals surface area contributed by atoms with Crippen LogP contribution in [-0.4, -0.2) is 56.5 Å². The molecule has 0 amide bonds. The monoisotopic (exact) mass is 635 g/mol. The molecule has 0 bridgehead atoms. The van der Waals surface area contributed by atoms with E-state index in [4.69, 9.17) is 21.1 Å². The minimum Gasteiger partial charge on any atom is -0.481 e. The standard InChI is InChI=1S/C34H45N5O5S/c1-7-39(36)27-11-10-26(23(4)30(27)35)29(33(5,6)32(40)41)24-9-8-22(3)25(17-24)19-38-20-34(12-14-43-15-13-34)44-31-28(45(38)42)16-21(2)18-37-31/h8-11,16-18,29H,7,12-15,19-20,35-36H2,1-6H3,(H,40,41). The second-order valence-electron chi connectivity index (χ2n) is 12.9. The molecule has 11 heteroatoms. The van der Waals surface area contributed by atoms with Crippen LogP contribution in [0.3, 0.4) is 0 Å². The fourth-order valence-corrected chi connectivity index (χ4v) is 7.83. The summed E-state index contributed by atoms with van der Waals surface area (Å²) in [5.74, 6) is 5.15. The first-order chi connectivity index (χ1) is 21.3. The van der Waals surface area contributed by atoms with E-state index in [1.807, 2.05) is 62.3 Å². The summed E-state index contributed by atoms with van der Waals surface area (Å²) in [6, 6.07) is 11.8. The van der Waals surface area contributed by atoms with Crippen LogP contribution in [0, 0.1) is 26.2 Å². The fourth-order valence-electron chi connectivity index (χ4n) is 6.41. The Hall–Kier alpha value is -3.51. The largest absolute Gasteiger partial charge is 0.481 e. The number of fused-ring (bicyclic) bond motifs is 1. The Balaban J connectivity index is 1.59. The van der Waals surface area contributed by atoms with Crippen LogP contribution in [0.5, 0.6) is 5.88 Å². The van der Waals surface area contributed by atoms with Crippen molar-refractivity contribution in [2.24, 2.45) is 11.3 Å². The zero-order chi connectivity index (χ0) is 32.7. The highest BCUT2D eigenvalue weighted by molar-refractivity contribution is 7.82. The molecular formula is C34H45N5O5S. The number of carboxylic acids is 1. The quantitative estimate of drug-likeness (QED) is 0.177. The Morgan fingerprint density at radius 2 is 1.89 bits per heavy atom. The molecule has 2 aliphatic rings. The van der Waals surface area contributed by atoms with Crippen molar-refractivity contribution in [1.29, 1.82) is 0 Å². The Morgan fingerprint density at radius 1 is 1.18 bits per heavy atom. The SMILES string of the molecule is CCN(N)c1ccc(C(c2ccc(C)c(CN3CC4(CCOCC4)Oc4ncc(C)cc4S3=O)c2)C(C)(C)C(=O)O)c(C)c1N. The summed E-state index contributed by atoms with van der Waals surface area (Å²) in [6.45, 7) is 13.8. The number of nitrogens with zero attached hydrogens (tertiary/aromatic N) is 3. The van der Waals surface area contributed by atoms with Gasteiger partial charge in [-0.05, 0) is 87.1 Å². The molecule has 1 aromatic heterocycles. The third-order valence-electron chi connectivity index (χ3n) is 9.38. The lowest BCUT2D eigenvalue weighted by Gasteiger charge is -2.38. The van der Waals surface area contributed by atoms with Crippen molar-refractivity contribution < 1.29 is 23.6 Å². The minimum atomic E-state index is -1.53. The third kappa shape index (κ3) is 6.31. The van der Waals surface area contributed by atoms with Crippen LogP contribution >= 0.6 is 0 Å². The van der Waals surface area contributed by atoms with Gasteiger partial charge in [-0.1, -0.05) is 24.3 Å². The maximum atomic E-state index is 14.2. The van der Waals surface area contributed by atoms with Gasteiger partial charge in [0, 0.05) is 38.0 Å². The lowest BCUT2D eigenvalue weighted by Crippen LogP contribution is -2.49. The number of aliphatic carboxylic acids is 1. The van der Waals surface area contributed by atoms with Crippen LogP contribution < -0.4 is 21.3 Å². The molecule has 1 fully saturated rings. The van der Waals surface area contributed by atoms with Crippen LogP contribution in [-0.2, 0) is 27.1 Å². The number of aryl methyl sites for hydroxylation is 2. The molecule has 45 heavy (non-hydrogen) atoms. The Morgan fingerprint density at radius 3 is 2.56 bits per heavy atom. The predicted octanol–water partition coefficient (Wildman–Crippen LogP) is 5.00. The number of benzene rings is 2.